The molecule has 0 fully saturated rings. The molecule has 0 aliphatic rings. The third kappa shape index (κ3) is 4.85. The van der Waals surface area contributed by atoms with Gasteiger partial charge in [-0.15, -0.1) is 0 Å². The van der Waals surface area contributed by atoms with E-state index < -0.39 is 0 Å². The summed E-state index contributed by atoms with van der Waals surface area (Å²) in [6.07, 6.45) is 0. The number of carbonyl (C=O) groups excluding carboxylic acids is 1. The van der Waals surface area contributed by atoms with Crippen molar-refractivity contribution in [2.45, 2.75) is 6.92 Å². The summed E-state index contributed by atoms with van der Waals surface area (Å²) in [4.78, 5) is 11.9. The number of hydrogen-bond acceptors (Lipinski definition) is 4. The number of rotatable bonds is 8. The highest BCUT2D eigenvalue weighted by Gasteiger charge is 2.07. The van der Waals surface area contributed by atoms with Crippen LogP contribution in [0.2, 0.25) is 0 Å². The van der Waals surface area contributed by atoms with E-state index in [-0.39, 0.29) is 12.6 Å². The minimum Gasteiger partial charge on any atom is -0.460 e. The van der Waals surface area contributed by atoms with E-state index >= 15 is 0 Å². The van der Waals surface area contributed by atoms with Crippen molar-refractivity contribution in [2.24, 2.45) is 0 Å². The third-order valence-electron chi connectivity index (χ3n) is 3.02. The van der Waals surface area contributed by atoms with Gasteiger partial charge in [0.2, 0.25) is 0 Å². The van der Waals surface area contributed by atoms with Crippen molar-refractivity contribution in [3.8, 4) is 0 Å². The van der Waals surface area contributed by atoms with Gasteiger partial charge in [-0.25, -0.2) is 4.79 Å². The minimum atomic E-state index is -0.325. The smallest absolute Gasteiger partial charge is 0.338 e. The minimum absolute atomic E-state index is 0.248. The Balaban J connectivity index is 1.77. The number of hydrogen-bond donors (Lipinski definition) is 0. The summed E-state index contributed by atoms with van der Waals surface area (Å²) in [5.74, 6) is -0.325. The first-order valence-electron chi connectivity index (χ1n) is 7.12. The maximum absolute atomic E-state index is 11.9. The lowest BCUT2D eigenvalue weighted by Gasteiger charge is -2.07. The molecule has 21 heavy (non-hydrogen) atoms. The second kappa shape index (κ2) is 8.39. The molecule has 2 aromatic carbocycles. The zero-order valence-electron chi connectivity index (χ0n) is 12.2. The zero-order valence-corrected chi connectivity index (χ0v) is 12.2. The van der Waals surface area contributed by atoms with Crippen LogP contribution in [0.5, 0.6) is 0 Å². The molecular weight excluding hydrogens is 268 g/mol. The normalized spacial score (nSPS) is 10.7. The molecule has 4 heteroatoms. The monoisotopic (exact) mass is 288 g/mol. The van der Waals surface area contributed by atoms with E-state index in [0.717, 1.165) is 10.8 Å². The molecule has 0 unspecified atom stereocenters. The third-order valence-corrected chi connectivity index (χ3v) is 3.02. The molecule has 0 aromatic heterocycles. The van der Waals surface area contributed by atoms with Gasteiger partial charge in [0.25, 0.3) is 0 Å². The predicted octanol–water partition coefficient (Wildman–Crippen LogP) is 3.05. The van der Waals surface area contributed by atoms with E-state index in [1.54, 1.807) is 6.07 Å². The van der Waals surface area contributed by atoms with Crippen LogP contribution in [-0.4, -0.2) is 39.0 Å². The quantitative estimate of drug-likeness (QED) is 0.553. The van der Waals surface area contributed by atoms with Gasteiger partial charge in [-0.3, -0.25) is 0 Å². The maximum atomic E-state index is 11.9. The standard InChI is InChI=1S/C17H20O4/c1-2-19-9-10-20-11-12-21-17(18)16-8-7-14-5-3-4-6-15(14)13-16/h3-8,13H,2,9-12H2,1H3. The van der Waals surface area contributed by atoms with Crippen LogP contribution < -0.4 is 0 Å². The van der Waals surface area contributed by atoms with Crippen LogP contribution in [0.3, 0.4) is 0 Å². The van der Waals surface area contributed by atoms with Gasteiger partial charge in [-0.2, -0.15) is 0 Å². The summed E-state index contributed by atoms with van der Waals surface area (Å²) in [6, 6.07) is 13.4. The lowest BCUT2D eigenvalue weighted by Crippen LogP contribution is -2.13. The van der Waals surface area contributed by atoms with Gasteiger partial charge in [-0.1, -0.05) is 30.3 Å². The van der Waals surface area contributed by atoms with Gasteiger partial charge in [-0.05, 0) is 29.8 Å². The fourth-order valence-corrected chi connectivity index (χ4v) is 1.96. The molecule has 0 heterocycles. The number of benzene rings is 2. The van der Waals surface area contributed by atoms with Crippen molar-refractivity contribution in [1.29, 1.82) is 0 Å². The molecule has 0 N–H and O–H groups in total. The number of fused-ring (bicyclic) bond motifs is 1. The predicted molar refractivity (Wildman–Crippen MR) is 81.5 cm³/mol. The Hall–Kier alpha value is -1.91. The Morgan fingerprint density at radius 2 is 1.62 bits per heavy atom. The maximum Gasteiger partial charge on any atom is 0.338 e. The fraction of sp³-hybridized carbons (Fsp3) is 0.353. The van der Waals surface area contributed by atoms with Gasteiger partial charge in [0.05, 0.1) is 25.4 Å². The molecule has 2 rings (SSSR count). The van der Waals surface area contributed by atoms with Crippen LogP contribution in [0.15, 0.2) is 42.5 Å². The van der Waals surface area contributed by atoms with Crippen LogP contribution >= 0.6 is 0 Å². The lowest BCUT2D eigenvalue weighted by atomic mass is 10.1. The Morgan fingerprint density at radius 3 is 2.43 bits per heavy atom. The summed E-state index contributed by atoms with van der Waals surface area (Å²) >= 11 is 0. The fourth-order valence-electron chi connectivity index (χ4n) is 1.96. The van der Waals surface area contributed by atoms with Gasteiger partial charge in [0, 0.05) is 6.61 Å². The van der Waals surface area contributed by atoms with E-state index in [2.05, 4.69) is 0 Å². The zero-order chi connectivity index (χ0) is 14.9. The van der Waals surface area contributed by atoms with Gasteiger partial charge in [0.15, 0.2) is 0 Å². The molecule has 0 radical (unpaired) electrons. The first kappa shape index (κ1) is 15.5. The molecule has 112 valence electrons. The molecule has 0 spiro atoms. The van der Waals surface area contributed by atoms with E-state index in [0.29, 0.717) is 32.0 Å². The SMILES string of the molecule is CCOCCOCCOC(=O)c1ccc2ccccc2c1. The number of esters is 1. The van der Waals surface area contributed by atoms with E-state index in [1.165, 1.54) is 0 Å². The lowest BCUT2D eigenvalue weighted by molar-refractivity contribution is 0.0164. The summed E-state index contributed by atoms with van der Waals surface area (Å²) < 4.78 is 15.6. The van der Waals surface area contributed by atoms with Crippen LogP contribution in [0, 0.1) is 0 Å². The topological polar surface area (TPSA) is 44.8 Å². The van der Waals surface area contributed by atoms with Crippen LogP contribution in [0.25, 0.3) is 10.8 Å². The summed E-state index contributed by atoms with van der Waals surface area (Å²) in [6.45, 7) is 4.33. The molecule has 0 saturated heterocycles. The summed E-state index contributed by atoms with van der Waals surface area (Å²) in [5.41, 5.74) is 0.558. The molecule has 4 nitrogen and oxygen atoms in total. The summed E-state index contributed by atoms with van der Waals surface area (Å²) in [7, 11) is 0. The molecule has 0 saturated carbocycles. The van der Waals surface area contributed by atoms with E-state index in [1.807, 2.05) is 43.3 Å². The van der Waals surface area contributed by atoms with Crippen molar-refractivity contribution in [2.75, 3.05) is 33.0 Å². The molecule has 0 bridgehead atoms. The first-order valence-corrected chi connectivity index (χ1v) is 7.12. The second-order valence-electron chi connectivity index (χ2n) is 4.51. The van der Waals surface area contributed by atoms with Crippen LogP contribution in [-0.2, 0) is 14.2 Å². The largest absolute Gasteiger partial charge is 0.460 e. The van der Waals surface area contributed by atoms with Crippen molar-refractivity contribution in [3.63, 3.8) is 0 Å². The van der Waals surface area contributed by atoms with Gasteiger partial charge in [0.1, 0.15) is 6.61 Å². The van der Waals surface area contributed by atoms with Crippen molar-refractivity contribution < 1.29 is 19.0 Å². The molecule has 0 aliphatic carbocycles. The Bertz CT molecular complexity index is 580. The molecule has 0 aliphatic heterocycles. The molecule has 2 aromatic rings. The molecular formula is C17H20O4. The molecule has 0 amide bonds. The summed E-state index contributed by atoms with van der Waals surface area (Å²) in [5, 5.41) is 2.13. The number of carbonyl (C=O) groups is 1. The Morgan fingerprint density at radius 1 is 0.905 bits per heavy atom. The van der Waals surface area contributed by atoms with Crippen molar-refractivity contribution in [1.82, 2.24) is 0 Å². The van der Waals surface area contributed by atoms with Gasteiger partial charge >= 0.3 is 5.97 Å². The Labute approximate surface area is 124 Å². The highest BCUT2D eigenvalue weighted by Crippen LogP contribution is 2.16. The highest BCUT2D eigenvalue weighted by molar-refractivity contribution is 5.95. The number of ether oxygens (including phenoxy) is 3. The van der Waals surface area contributed by atoms with E-state index in [9.17, 15) is 4.79 Å². The van der Waals surface area contributed by atoms with E-state index in [4.69, 9.17) is 14.2 Å². The highest BCUT2D eigenvalue weighted by atomic mass is 16.6. The Kier molecular flexibility index (Phi) is 6.19. The average molecular weight is 288 g/mol. The van der Waals surface area contributed by atoms with Crippen LogP contribution in [0.1, 0.15) is 17.3 Å². The first-order chi connectivity index (χ1) is 10.3. The van der Waals surface area contributed by atoms with Gasteiger partial charge < -0.3 is 14.2 Å². The average Bonchev–Trinajstić information content (AvgIpc) is 2.53. The van der Waals surface area contributed by atoms with Crippen LogP contribution in [0.4, 0.5) is 0 Å². The second-order valence-corrected chi connectivity index (χ2v) is 4.51. The molecule has 0 atom stereocenters. The van der Waals surface area contributed by atoms with Crippen molar-refractivity contribution in [3.05, 3.63) is 48.0 Å². The van der Waals surface area contributed by atoms with Crippen molar-refractivity contribution >= 4 is 16.7 Å².